The van der Waals surface area contributed by atoms with Crippen LogP contribution in [0, 0.1) is 0 Å². The second-order valence-corrected chi connectivity index (χ2v) is 4.49. The molecule has 1 N–H and O–H groups in total. The molecule has 0 fully saturated rings. The summed E-state index contributed by atoms with van der Waals surface area (Å²) in [5.41, 5.74) is 0. The number of aliphatic hydroxyl groups is 1. The van der Waals surface area contributed by atoms with Gasteiger partial charge in [-0.25, -0.2) is 12.8 Å². The zero-order chi connectivity index (χ0) is 8.20. The second-order valence-electron chi connectivity index (χ2n) is 2.23. The van der Waals surface area contributed by atoms with Gasteiger partial charge in [0, 0.05) is 6.26 Å². The molecule has 10 heavy (non-hydrogen) atoms. The van der Waals surface area contributed by atoms with Gasteiger partial charge in [-0.3, -0.25) is 0 Å². The van der Waals surface area contributed by atoms with Crippen molar-refractivity contribution < 1.29 is 17.9 Å². The normalized spacial score (nSPS) is 15.1. The van der Waals surface area contributed by atoms with Gasteiger partial charge in [-0.2, -0.15) is 0 Å². The van der Waals surface area contributed by atoms with Crippen molar-refractivity contribution in [3.63, 3.8) is 0 Å². The van der Waals surface area contributed by atoms with Crippen LogP contribution in [0.3, 0.4) is 0 Å². The van der Waals surface area contributed by atoms with Crippen molar-refractivity contribution in [2.24, 2.45) is 0 Å². The van der Waals surface area contributed by atoms with E-state index in [4.69, 9.17) is 5.11 Å². The van der Waals surface area contributed by atoms with Crippen LogP contribution in [0.25, 0.3) is 0 Å². The van der Waals surface area contributed by atoms with Crippen LogP contribution >= 0.6 is 0 Å². The lowest BCUT2D eigenvalue weighted by Gasteiger charge is -2.02. The van der Waals surface area contributed by atoms with E-state index in [1.54, 1.807) is 0 Å². The third kappa shape index (κ3) is 5.97. The Balaban J connectivity index is 3.56. The van der Waals surface area contributed by atoms with E-state index in [0.29, 0.717) is 0 Å². The first-order valence-corrected chi connectivity index (χ1v) is 4.93. The van der Waals surface area contributed by atoms with Crippen LogP contribution in [0.15, 0.2) is 0 Å². The number of hydrogen-bond acceptors (Lipinski definition) is 3. The minimum atomic E-state index is -3.06. The Labute approximate surface area is 59.8 Å². The van der Waals surface area contributed by atoms with Crippen LogP contribution in [0.1, 0.15) is 6.42 Å². The third-order valence-corrected chi connectivity index (χ3v) is 1.98. The van der Waals surface area contributed by atoms with E-state index in [-0.39, 0.29) is 12.2 Å². The molecule has 1 unspecified atom stereocenters. The number of rotatable bonds is 4. The molecule has 0 amide bonds. The summed E-state index contributed by atoms with van der Waals surface area (Å²) in [6.07, 6.45) is -0.0949. The maximum Gasteiger partial charge on any atom is 0.147 e. The van der Waals surface area contributed by atoms with Crippen molar-refractivity contribution in [1.29, 1.82) is 0 Å². The molecule has 0 bridgehead atoms. The lowest BCUT2D eigenvalue weighted by atomic mass is 10.3. The second kappa shape index (κ2) is 3.88. The number of hydrogen-bond donors (Lipinski definition) is 1. The SMILES string of the molecule is CS(=O)(=O)CCC(O)CF. The van der Waals surface area contributed by atoms with Crippen LogP contribution in [-0.2, 0) is 9.84 Å². The van der Waals surface area contributed by atoms with Gasteiger partial charge < -0.3 is 5.11 Å². The van der Waals surface area contributed by atoms with Gasteiger partial charge in [0.05, 0.1) is 11.9 Å². The maximum absolute atomic E-state index is 11.5. The van der Waals surface area contributed by atoms with Crippen molar-refractivity contribution in [1.82, 2.24) is 0 Å². The first kappa shape index (κ1) is 9.84. The van der Waals surface area contributed by atoms with E-state index in [2.05, 4.69) is 0 Å². The highest BCUT2D eigenvalue weighted by atomic mass is 32.2. The van der Waals surface area contributed by atoms with E-state index in [1.165, 1.54) is 0 Å². The van der Waals surface area contributed by atoms with Gasteiger partial charge in [0.25, 0.3) is 0 Å². The highest BCUT2D eigenvalue weighted by Crippen LogP contribution is 1.95. The van der Waals surface area contributed by atoms with Gasteiger partial charge in [0.1, 0.15) is 16.5 Å². The molecule has 0 aromatic rings. The molecule has 0 aliphatic rings. The van der Waals surface area contributed by atoms with Gasteiger partial charge in [-0.05, 0) is 6.42 Å². The number of alkyl halides is 1. The largest absolute Gasteiger partial charge is 0.390 e. The first-order chi connectivity index (χ1) is 4.45. The van der Waals surface area contributed by atoms with Crippen molar-refractivity contribution in [3.8, 4) is 0 Å². The summed E-state index contributed by atoms with van der Waals surface area (Å²) in [7, 11) is -3.06. The minimum Gasteiger partial charge on any atom is -0.390 e. The summed E-state index contributed by atoms with van der Waals surface area (Å²) in [5, 5.41) is 8.58. The Kier molecular flexibility index (Phi) is 3.81. The molecule has 0 spiro atoms. The van der Waals surface area contributed by atoms with E-state index in [0.717, 1.165) is 6.26 Å². The molecule has 0 aliphatic heterocycles. The number of aliphatic hydroxyl groups excluding tert-OH is 1. The summed E-state index contributed by atoms with van der Waals surface area (Å²) in [4.78, 5) is 0. The molecule has 62 valence electrons. The fourth-order valence-corrected chi connectivity index (χ4v) is 1.13. The lowest BCUT2D eigenvalue weighted by molar-refractivity contribution is 0.137. The molecule has 0 aromatic carbocycles. The van der Waals surface area contributed by atoms with E-state index < -0.39 is 22.6 Å². The zero-order valence-corrected chi connectivity index (χ0v) is 6.57. The fraction of sp³-hybridized carbons (Fsp3) is 1.00. The third-order valence-electron chi connectivity index (χ3n) is 1.000. The average molecular weight is 170 g/mol. The van der Waals surface area contributed by atoms with E-state index in [9.17, 15) is 12.8 Å². The molecule has 0 saturated heterocycles. The maximum atomic E-state index is 11.5. The fourth-order valence-electron chi connectivity index (χ4n) is 0.427. The highest BCUT2D eigenvalue weighted by molar-refractivity contribution is 7.90. The summed E-state index contributed by atoms with van der Waals surface area (Å²) in [5.74, 6) is -0.155. The van der Waals surface area contributed by atoms with Crippen LogP contribution in [0.5, 0.6) is 0 Å². The average Bonchev–Trinajstić information content (AvgIpc) is 1.81. The van der Waals surface area contributed by atoms with Crippen LogP contribution in [0.2, 0.25) is 0 Å². The van der Waals surface area contributed by atoms with Crippen LogP contribution in [-0.4, -0.2) is 38.3 Å². The van der Waals surface area contributed by atoms with Gasteiger partial charge in [0.15, 0.2) is 0 Å². The molecule has 3 nitrogen and oxygen atoms in total. The predicted molar refractivity (Wildman–Crippen MR) is 36.3 cm³/mol. The zero-order valence-electron chi connectivity index (χ0n) is 5.75. The summed E-state index contributed by atoms with van der Waals surface area (Å²) < 4.78 is 32.4. The molecule has 1 atom stereocenters. The molecule has 0 saturated carbocycles. The standard InChI is InChI=1S/C5H11FO3S/c1-10(8,9)3-2-5(7)4-6/h5,7H,2-4H2,1H3. The Morgan fingerprint density at radius 2 is 2.10 bits per heavy atom. The first-order valence-electron chi connectivity index (χ1n) is 2.87. The number of halogens is 1. The summed E-state index contributed by atoms with van der Waals surface area (Å²) in [6, 6.07) is 0. The van der Waals surface area contributed by atoms with Gasteiger partial charge in [0.2, 0.25) is 0 Å². The minimum absolute atomic E-state index is 0.0185. The topological polar surface area (TPSA) is 54.4 Å². The molecule has 0 radical (unpaired) electrons. The van der Waals surface area contributed by atoms with Gasteiger partial charge in [-0.1, -0.05) is 0 Å². The monoisotopic (exact) mass is 170 g/mol. The molecule has 0 aliphatic carbocycles. The van der Waals surface area contributed by atoms with Crippen molar-refractivity contribution >= 4 is 9.84 Å². The molecule has 0 aromatic heterocycles. The van der Waals surface area contributed by atoms with Crippen molar-refractivity contribution in [2.75, 3.05) is 18.7 Å². The lowest BCUT2D eigenvalue weighted by Crippen LogP contribution is -2.15. The van der Waals surface area contributed by atoms with Crippen molar-refractivity contribution in [2.45, 2.75) is 12.5 Å². The summed E-state index contributed by atoms with van der Waals surface area (Å²) in [6.45, 7) is -0.879. The smallest absolute Gasteiger partial charge is 0.147 e. The Morgan fingerprint density at radius 1 is 1.60 bits per heavy atom. The summed E-state index contributed by atoms with van der Waals surface area (Å²) >= 11 is 0. The van der Waals surface area contributed by atoms with Crippen LogP contribution < -0.4 is 0 Å². The number of sulfone groups is 1. The molecule has 0 rings (SSSR count). The molecule has 0 heterocycles. The van der Waals surface area contributed by atoms with E-state index >= 15 is 0 Å². The quantitative estimate of drug-likeness (QED) is 0.633. The molecule has 5 heteroatoms. The Bertz CT molecular complexity index is 175. The Morgan fingerprint density at radius 3 is 2.40 bits per heavy atom. The van der Waals surface area contributed by atoms with Gasteiger partial charge in [-0.15, -0.1) is 0 Å². The van der Waals surface area contributed by atoms with Crippen molar-refractivity contribution in [3.05, 3.63) is 0 Å². The van der Waals surface area contributed by atoms with E-state index in [1.807, 2.05) is 0 Å². The molecular formula is C5H11FO3S. The predicted octanol–water partition coefficient (Wildman–Crippen LogP) is -0.248. The Hall–Kier alpha value is -0.160. The van der Waals surface area contributed by atoms with Crippen LogP contribution in [0.4, 0.5) is 4.39 Å². The van der Waals surface area contributed by atoms with Gasteiger partial charge >= 0.3 is 0 Å². The highest BCUT2D eigenvalue weighted by Gasteiger charge is 2.07. The molecular weight excluding hydrogens is 159 g/mol.